The van der Waals surface area contributed by atoms with Crippen LogP contribution in [0.15, 0.2) is 18.3 Å². The van der Waals surface area contributed by atoms with Crippen LogP contribution in [0.4, 0.5) is 0 Å². The largest absolute Gasteiger partial charge is 0.386 e. The minimum atomic E-state index is -0.578. The van der Waals surface area contributed by atoms with E-state index in [9.17, 15) is 5.11 Å². The van der Waals surface area contributed by atoms with E-state index in [2.05, 4.69) is 4.98 Å². The fourth-order valence-corrected chi connectivity index (χ4v) is 1.22. The first kappa shape index (κ1) is 11.1. The summed E-state index contributed by atoms with van der Waals surface area (Å²) in [7, 11) is 0. The van der Waals surface area contributed by atoms with Crippen LogP contribution in [0.3, 0.4) is 0 Å². The first-order valence-electron chi connectivity index (χ1n) is 4.82. The quantitative estimate of drug-likeness (QED) is 0.797. The molecule has 0 aliphatic carbocycles. The summed E-state index contributed by atoms with van der Waals surface area (Å²) in [5.41, 5.74) is 1.69. The van der Waals surface area contributed by atoms with E-state index < -0.39 is 6.10 Å². The van der Waals surface area contributed by atoms with E-state index in [1.807, 2.05) is 32.9 Å². The van der Waals surface area contributed by atoms with Crippen molar-refractivity contribution < 1.29 is 9.84 Å². The monoisotopic (exact) mass is 195 g/mol. The zero-order chi connectivity index (χ0) is 10.6. The highest BCUT2D eigenvalue weighted by Gasteiger charge is 2.11. The number of hydrogen-bond acceptors (Lipinski definition) is 3. The maximum Gasteiger partial charge on any atom is 0.104 e. The average Bonchev–Trinajstić information content (AvgIpc) is 2.15. The number of aryl methyl sites for hydroxylation is 1. The van der Waals surface area contributed by atoms with Crippen molar-refractivity contribution in [3.05, 3.63) is 29.6 Å². The summed E-state index contributed by atoms with van der Waals surface area (Å²) in [6.45, 7) is 6.10. The SMILES string of the molecule is Cc1ncccc1C(O)COC(C)C. The number of aliphatic hydroxyl groups excluding tert-OH is 1. The fraction of sp³-hybridized carbons (Fsp3) is 0.545. The molecule has 0 aliphatic rings. The summed E-state index contributed by atoms with van der Waals surface area (Å²) >= 11 is 0. The van der Waals surface area contributed by atoms with E-state index >= 15 is 0 Å². The molecule has 78 valence electrons. The van der Waals surface area contributed by atoms with E-state index in [0.29, 0.717) is 6.61 Å². The van der Waals surface area contributed by atoms with Crippen LogP contribution in [0.1, 0.15) is 31.2 Å². The van der Waals surface area contributed by atoms with Gasteiger partial charge in [-0.25, -0.2) is 0 Å². The van der Waals surface area contributed by atoms with Crippen LogP contribution in [0.5, 0.6) is 0 Å². The Morgan fingerprint density at radius 2 is 2.21 bits per heavy atom. The molecule has 0 saturated carbocycles. The van der Waals surface area contributed by atoms with Gasteiger partial charge in [0.25, 0.3) is 0 Å². The zero-order valence-corrected chi connectivity index (χ0v) is 8.90. The number of aliphatic hydroxyl groups is 1. The van der Waals surface area contributed by atoms with Gasteiger partial charge in [-0.3, -0.25) is 4.98 Å². The number of aromatic nitrogens is 1. The van der Waals surface area contributed by atoms with Gasteiger partial charge in [0.15, 0.2) is 0 Å². The highest BCUT2D eigenvalue weighted by atomic mass is 16.5. The van der Waals surface area contributed by atoms with Crippen molar-refractivity contribution in [2.24, 2.45) is 0 Å². The van der Waals surface area contributed by atoms with Crippen molar-refractivity contribution in [1.82, 2.24) is 4.98 Å². The molecule has 0 saturated heterocycles. The predicted octanol–water partition coefficient (Wildman–Crippen LogP) is 1.85. The molecule has 0 amide bonds. The molecule has 1 N–H and O–H groups in total. The van der Waals surface area contributed by atoms with Crippen LogP contribution in [-0.4, -0.2) is 22.8 Å². The molecule has 1 rings (SSSR count). The molecule has 1 heterocycles. The first-order chi connectivity index (χ1) is 6.61. The lowest BCUT2D eigenvalue weighted by Crippen LogP contribution is -2.13. The van der Waals surface area contributed by atoms with Crippen LogP contribution >= 0.6 is 0 Å². The number of hydrogen-bond donors (Lipinski definition) is 1. The molecule has 1 atom stereocenters. The average molecular weight is 195 g/mol. The molecule has 1 aromatic heterocycles. The summed E-state index contributed by atoms with van der Waals surface area (Å²) in [5.74, 6) is 0. The molecule has 0 fully saturated rings. The molecule has 0 aliphatic heterocycles. The molecule has 0 bridgehead atoms. The molecule has 0 radical (unpaired) electrons. The molecule has 1 aromatic rings. The van der Waals surface area contributed by atoms with Crippen molar-refractivity contribution in [2.75, 3.05) is 6.61 Å². The Morgan fingerprint density at radius 3 is 2.79 bits per heavy atom. The third-order valence-corrected chi connectivity index (χ3v) is 1.99. The van der Waals surface area contributed by atoms with Crippen molar-refractivity contribution >= 4 is 0 Å². The maximum atomic E-state index is 9.79. The second-order valence-electron chi connectivity index (χ2n) is 3.58. The van der Waals surface area contributed by atoms with Gasteiger partial charge in [-0.05, 0) is 26.8 Å². The van der Waals surface area contributed by atoms with Crippen LogP contribution in [0.25, 0.3) is 0 Å². The topological polar surface area (TPSA) is 42.4 Å². The van der Waals surface area contributed by atoms with Crippen molar-refractivity contribution in [3.8, 4) is 0 Å². The van der Waals surface area contributed by atoms with Crippen molar-refractivity contribution in [2.45, 2.75) is 33.0 Å². The number of pyridine rings is 1. The second kappa shape index (κ2) is 5.08. The highest BCUT2D eigenvalue weighted by molar-refractivity contribution is 5.20. The predicted molar refractivity (Wildman–Crippen MR) is 55.0 cm³/mol. The Kier molecular flexibility index (Phi) is 4.04. The molecular formula is C11H17NO2. The van der Waals surface area contributed by atoms with Gasteiger partial charge in [0.2, 0.25) is 0 Å². The standard InChI is InChI=1S/C11H17NO2/c1-8(2)14-7-11(13)10-5-4-6-12-9(10)3/h4-6,8,11,13H,7H2,1-3H3. The van der Waals surface area contributed by atoms with Gasteiger partial charge in [0, 0.05) is 17.5 Å². The second-order valence-corrected chi connectivity index (χ2v) is 3.58. The lowest BCUT2D eigenvalue weighted by Gasteiger charge is -2.14. The molecule has 14 heavy (non-hydrogen) atoms. The minimum Gasteiger partial charge on any atom is -0.386 e. The van der Waals surface area contributed by atoms with Gasteiger partial charge in [-0.1, -0.05) is 6.07 Å². The lowest BCUT2D eigenvalue weighted by atomic mass is 10.1. The molecule has 1 unspecified atom stereocenters. The smallest absolute Gasteiger partial charge is 0.104 e. The van der Waals surface area contributed by atoms with Crippen LogP contribution < -0.4 is 0 Å². The molecule has 0 aromatic carbocycles. The van der Waals surface area contributed by atoms with Gasteiger partial charge in [-0.2, -0.15) is 0 Å². The summed E-state index contributed by atoms with van der Waals surface area (Å²) in [6, 6.07) is 3.69. The Morgan fingerprint density at radius 1 is 1.50 bits per heavy atom. The van der Waals surface area contributed by atoms with Crippen LogP contribution in [0, 0.1) is 6.92 Å². The van der Waals surface area contributed by atoms with E-state index in [1.54, 1.807) is 6.20 Å². The Labute approximate surface area is 84.7 Å². The van der Waals surface area contributed by atoms with Crippen LogP contribution in [0.2, 0.25) is 0 Å². The van der Waals surface area contributed by atoms with Gasteiger partial charge in [0.05, 0.1) is 12.7 Å². The van der Waals surface area contributed by atoms with Crippen LogP contribution in [-0.2, 0) is 4.74 Å². The minimum absolute atomic E-state index is 0.140. The number of ether oxygens (including phenoxy) is 1. The normalized spacial score (nSPS) is 13.2. The van der Waals surface area contributed by atoms with Gasteiger partial charge in [-0.15, -0.1) is 0 Å². The molecular weight excluding hydrogens is 178 g/mol. The Hall–Kier alpha value is -0.930. The zero-order valence-electron chi connectivity index (χ0n) is 8.90. The highest BCUT2D eigenvalue weighted by Crippen LogP contribution is 2.15. The number of rotatable bonds is 4. The lowest BCUT2D eigenvalue weighted by molar-refractivity contribution is 0.00454. The molecule has 3 nitrogen and oxygen atoms in total. The van der Waals surface area contributed by atoms with Gasteiger partial charge in [0.1, 0.15) is 6.10 Å². The Balaban J connectivity index is 2.60. The summed E-state index contributed by atoms with van der Waals surface area (Å²) in [5, 5.41) is 9.79. The molecule has 0 spiro atoms. The first-order valence-corrected chi connectivity index (χ1v) is 4.82. The Bertz CT molecular complexity index is 286. The third-order valence-electron chi connectivity index (χ3n) is 1.99. The van der Waals surface area contributed by atoms with E-state index in [4.69, 9.17) is 4.74 Å². The number of nitrogens with zero attached hydrogens (tertiary/aromatic N) is 1. The fourth-order valence-electron chi connectivity index (χ4n) is 1.22. The summed E-state index contributed by atoms with van der Waals surface area (Å²) in [6.07, 6.45) is 1.28. The van der Waals surface area contributed by atoms with E-state index in [0.717, 1.165) is 11.3 Å². The van der Waals surface area contributed by atoms with Gasteiger partial charge >= 0.3 is 0 Å². The maximum absolute atomic E-state index is 9.79. The third kappa shape index (κ3) is 3.09. The van der Waals surface area contributed by atoms with Crippen molar-refractivity contribution in [3.63, 3.8) is 0 Å². The van der Waals surface area contributed by atoms with Gasteiger partial charge < -0.3 is 9.84 Å². The van der Waals surface area contributed by atoms with E-state index in [1.165, 1.54) is 0 Å². The summed E-state index contributed by atoms with van der Waals surface area (Å²) < 4.78 is 5.34. The van der Waals surface area contributed by atoms with E-state index in [-0.39, 0.29) is 6.10 Å². The summed E-state index contributed by atoms with van der Waals surface area (Å²) in [4.78, 5) is 4.11. The van der Waals surface area contributed by atoms with Crippen molar-refractivity contribution in [1.29, 1.82) is 0 Å². The molecule has 3 heteroatoms.